The van der Waals surface area contributed by atoms with Gasteiger partial charge in [-0.15, -0.1) is 0 Å². The largest absolute Gasteiger partial charge is 0.321 e. The van der Waals surface area contributed by atoms with Crippen molar-refractivity contribution >= 4 is 17.6 Å². The number of carbonyl (C=O) groups excluding carboxylic acids is 1. The Labute approximate surface area is 190 Å². The zero-order valence-electron chi connectivity index (χ0n) is 19.4. The SMILES string of the molecule is C=C(/C=C\C=C(/C)C(=N)N1CCCCC1=N)NC(=O)c1cc2c(cn1)CCN(C(C)C)C2. The van der Waals surface area contributed by atoms with Gasteiger partial charge in [-0.1, -0.05) is 18.7 Å². The normalized spacial score (nSPS) is 17.6. The van der Waals surface area contributed by atoms with Gasteiger partial charge < -0.3 is 10.2 Å². The molecule has 1 amide bonds. The third kappa shape index (κ3) is 5.79. The van der Waals surface area contributed by atoms with Gasteiger partial charge in [-0.2, -0.15) is 0 Å². The number of hydrogen-bond donors (Lipinski definition) is 3. The number of nitrogens with zero attached hydrogens (tertiary/aromatic N) is 3. The smallest absolute Gasteiger partial charge is 0.274 e. The highest BCUT2D eigenvalue weighted by molar-refractivity contribution is 6.06. The van der Waals surface area contributed by atoms with Crippen LogP contribution < -0.4 is 5.32 Å². The molecule has 170 valence electrons. The second-order valence-corrected chi connectivity index (χ2v) is 8.74. The molecular weight excluding hydrogens is 400 g/mol. The molecule has 0 bridgehead atoms. The number of carbonyl (C=O) groups is 1. The van der Waals surface area contributed by atoms with E-state index in [2.05, 4.69) is 35.6 Å². The fourth-order valence-electron chi connectivity index (χ4n) is 3.96. The molecule has 2 aliphatic rings. The van der Waals surface area contributed by atoms with Crippen LogP contribution in [-0.2, 0) is 13.0 Å². The van der Waals surface area contributed by atoms with Crippen LogP contribution in [0.25, 0.3) is 0 Å². The summed E-state index contributed by atoms with van der Waals surface area (Å²) in [5, 5.41) is 19.1. The Balaban J connectivity index is 1.58. The molecule has 0 aromatic carbocycles. The molecule has 3 heterocycles. The van der Waals surface area contributed by atoms with Gasteiger partial charge in [-0.05, 0) is 68.9 Å². The van der Waals surface area contributed by atoms with E-state index in [1.165, 1.54) is 5.56 Å². The molecule has 7 nitrogen and oxygen atoms in total. The Kier molecular flexibility index (Phi) is 7.75. The topological polar surface area (TPSA) is 96.2 Å². The lowest BCUT2D eigenvalue weighted by Gasteiger charge is -2.31. The zero-order valence-corrected chi connectivity index (χ0v) is 19.4. The van der Waals surface area contributed by atoms with Crippen LogP contribution in [0.2, 0.25) is 0 Å². The maximum absolute atomic E-state index is 12.6. The van der Waals surface area contributed by atoms with Gasteiger partial charge in [0.25, 0.3) is 5.91 Å². The fraction of sp³-hybridized carbons (Fsp3) is 0.440. The molecule has 3 N–H and O–H groups in total. The van der Waals surface area contributed by atoms with Gasteiger partial charge >= 0.3 is 0 Å². The summed E-state index contributed by atoms with van der Waals surface area (Å²) in [7, 11) is 0. The number of amidine groups is 2. The predicted molar refractivity (Wildman–Crippen MR) is 129 cm³/mol. The van der Waals surface area contributed by atoms with Crippen molar-refractivity contribution in [1.82, 2.24) is 20.1 Å². The molecule has 7 heteroatoms. The van der Waals surface area contributed by atoms with E-state index in [1.54, 1.807) is 23.1 Å². The van der Waals surface area contributed by atoms with Crippen LogP contribution in [-0.4, -0.2) is 51.5 Å². The molecule has 0 spiro atoms. The van der Waals surface area contributed by atoms with Gasteiger partial charge in [-0.25, -0.2) is 0 Å². The molecule has 0 saturated carbocycles. The fourth-order valence-corrected chi connectivity index (χ4v) is 3.96. The second-order valence-electron chi connectivity index (χ2n) is 8.74. The van der Waals surface area contributed by atoms with Crippen LogP contribution in [0.5, 0.6) is 0 Å². The number of pyridine rings is 1. The van der Waals surface area contributed by atoms with Crippen molar-refractivity contribution < 1.29 is 4.79 Å². The van der Waals surface area contributed by atoms with E-state index in [0.717, 1.165) is 56.5 Å². The van der Waals surface area contributed by atoms with E-state index in [-0.39, 0.29) is 5.91 Å². The molecule has 0 radical (unpaired) electrons. The summed E-state index contributed by atoms with van der Waals surface area (Å²) in [5.74, 6) is 0.575. The van der Waals surface area contributed by atoms with Crippen molar-refractivity contribution in [3.8, 4) is 0 Å². The van der Waals surface area contributed by atoms with Crippen LogP contribution >= 0.6 is 0 Å². The van der Waals surface area contributed by atoms with Crippen molar-refractivity contribution in [3.05, 3.63) is 65.2 Å². The van der Waals surface area contributed by atoms with Gasteiger partial charge in [0.05, 0.1) is 0 Å². The van der Waals surface area contributed by atoms with E-state index < -0.39 is 0 Å². The number of likely N-dealkylation sites (tertiary alicyclic amines) is 1. The summed E-state index contributed by atoms with van der Waals surface area (Å²) in [5.41, 5.74) is 3.98. The standard InChI is InChI=1S/C25H34N6O/c1-17(2)30-13-11-20-15-28-22(14-21(20)16-30)25(32)29-19(4)9-7-8-18(3)24(27)31-12-6-5-10-23(31)26/h7-9,14-15,17,26-27H,4-6,10-13,16H2,1-3H3,(H,29,32)/b9-7-,18-8+,26-23?,27-24?. The van der Waals surface area contributed by atoms with Gasteiger partial charge in [0, 0.05) is 44.0 Å². The molecular formula is C25H34N6O. The van der Waals surface area contributed by atoms with E-state index in [0.29, 0.717) is 29.1 Å². The molecule has 0 unspecified atom stereocenters. The highest BCUT2D eigenvalue weighted by Crippen LogP contribution is 2.20. The number of allylic oxidation sites excluding steroid dienone is 3. The number of amides is 1. The maximum Gasteiger partial charge on any atom is 0.274 e. The predicted octanol–water partition coefficient (Wildman–Crippen LogP) is 4.03. The number of nitrogens with one attached hydrogen (secondary N) is 3. The number of fused-ring (bicyclic) bond motifs is 1. The molecule has 1 saturated heterocycles. The summed E-state index contributed by atoms with van der Waals surface area (Å²) in [6.07, 6.45) is 10.8. The van der Waals surface area contributed by atoms with Crippen molar-refractivity contribution in [3.63, 3.8) is 0 Å². The lowest BCUT2D eigenvalue weighted by Crippen LogP contribution is -2.39. The minimum atomic E-state index is -0.278. The first kappa shape index (κ1) is 23.6. The molecule has 0 atom stereocenters. The van der Waals surface area contributed by atoms with Crippen molar-refractivity contribution in [2.24, 2.45) is 0 Å². The van der Waals surface area contributed by atoms with Crippen molar-refractivity contribution in [1.29, 1.82) is 10.8 Å². The first-order chi connectivity index (χ1) is 15.3. The van der Waals surface area contributed by atoms with Gasteiger partial charge in [0.2, 0.25) is 0 Å². The van der Waals surface area contributed by atoms with Gasteiger partial charge in [-0.3, -0.25) is 25.5 Å². The van der Waals surface area contributed by atoms with Crippen LogP contribution in [0.15, 0.2) is 48.3 Å². The van der Waals surface area contributed by atoms with E-state index in [4.69, 9.17) is 10.8 Å². The van der Waals surface area contributed by atoms with Crippen LogP contribution in [0.4, 0.5) is 0 Å². The first-order valence-electron chi connectivity index (χ1n) is 11.3. The molecule has 32 heavy (non-hydrogen) atoms. The van der Waals surface area contributed by atoms with E-state index in [9.17, 15) is 4.79 Å². The lowest BCUT2D eigenvalue weighted by molar-refractivity contribution is 0.0962. The molecule has 1 aromatic rings. The Morgan fingerprint density at radius 2 is 2.03 bits per heavy atom. The Bertz CT molecular complexity index is 975. The molecule has 1 aromatic heterocycles. The summed E-state index contributed by atoms with van der Waals surface area (Å²) >= 11 is 0. The summed E-state index contributed by atoms with van der Waals surface area (Å²) < 4.78 is 0. The average Bonchev–Trinajstić information content (AvgIpc) is 2.77. The highest BCUT2D eigenvalue weighted by Gasteiger charge is 2.21. The minimum Gasteiger partial charge on any atom is -0.321 e. The molecule has 0 aliphatic carbocycles. The Morgan fingerprint density at radius 3 is 2.75 bits per heavy atom. The maximum atomic E-state index is 12.6. The summed E-state index contributed by atoms with van der Waals surface area (Å²) in [6.45, 7) is 12.7. The number of hydrogen-bond acceptors (Lipinski definition) is 5. The quantitative estimate of drug-likeness (QED) is 0.358. The van der Waals surface area contributed by atoms with Crippen molar-refractivity contribution in [2.75, 3.05) is 13.1 Å². The van der Waals surface area contributed by atoms with Crippen LogP contribution in [0.3, 0.4) is 0 Å². The Hall–Kier alpha value is -3.06. The summed E-state index contributed by atoms with van der Waals surface area (Å²) in [4.78, 5) is 21.1. The van der Waals surface area contributed by atoms with Gasteiger partial charge in [0.1, 0.15) is 17.4 Å². The van der Waals surface area contributed by atoms with Crippen molar-refractivity contribution in [2.45, 2.75) is 59.0 Å². The van der Waals surface area contributed by atoms with E-state index >= 15 is 0 Å². The van der Waals surface area contributed by atoms with Crippen LogP contribution in [0.1, 0.15) is 61.6 Å². The second kappa shape index (κ2) is 10.5. The number of piperidine rings is 1. The molecule has 3 rings (SSSR count). The monoisotopic (exact) mass is 434 g/mol. The zero-order chi connectivity index (χ0) is 23.3. The third-order valence-electron chi connectivity index (χ3n) is 6.02. The average molecular weight is 435 g/mol. The third-order valence-corrected chi connectivity index (χ3v) is 6.02. The minimum absolute atomic E-state index is 0.278. The number of aromatic nitrogens is 1. The summed E-state index contributed by atoms with van der Waals surface area (Å²) in [6, 6.07) is 2.35. The molecule has 2 aliphatic heterocycles. The Morgan fingerprint density at radius 1 is 1.25 bits per heavy atom. The molecule has 1 fully saturated rings. The first-order valence-corrected chi connectivity index (χ1v) is 11.3. The van der Waals surface area contributed by atoms with Crippen LogP contribution in [0, 0.1) is 10.8 Å². The highest BCUT2D eigenvalue weighted by atomic mass is 16.1. The lowest BCUT2D eigenvalue weighted by atomic mass is 10.00. The number of rotatable bonds is 6. The van der Waals surface area contributed by atoms with Gasteiger partial charge in [0.15, 0.2) is 0 Å². The van der Waals surface area contributed by atoms with E-state index in [1.807, 2.05) is 19.2 Å².